The number of fused-ring (bicyclic) bond motifs is 1. The molecule has 0 saturated carbocycles. The lowest BCUT2D eigenvalue weighted by molar-refractivity contribution is 0.367. The van der Waals surface area contributed by atoms with Crippen molar-refractivity contribution in [3.63, 3.8) is 0 Å². The van der Waals surface area contributed by atoms with Gasteiger partial charge >= 0.3 is 0 Å². The van der Waals surface area contributed by atoms with Gasteiger partial charge in [-0.05, 0) is 25.0 Å². The molecule has 0 fully saturated rings. The molecular formula is C13H13ClN2O. The summed E-state index contributed by atoms with van der Waals surface area (Å²) < 4.78 is 5.38. The van der Waals surface area contributed by atoms with Crippen molar-refractivity contribution in [2.24, 2.45) is 5.73 Å². The monoisotopic (exact) mass is 248 g/mol. The molecule has 1 heterocycles. The number of hydrogen-bond donors (Lipinski definition) is 1. The van der Waals surface area contributed by atoms with Crippen molar-refractivity contribution in [3.05, 3.63) is 40.6 Å². The second kappa shape index (κ2) is 4.17. The Morgan fingerprint density at radius 1 is 1.29 bits per heavy atom. The van der Waals surface area contributed by atoms with Gasteiger partial charge in [0.25, 0.3) is 0 Å². The van der Waals surface area contributed by atoms with Crippen LogP contribution in [0.1, 0.15) is 17.7 Å². The van der Waals surface area contributed by atoms with Crippen LogP contribution in [0.3, 0.4) is 0 Å². The Bertz CT molecular complexity index is 533. The zero-order valence-electron chi connectivity index (χ0n) is 9.32. The van der Waals surface area contributed by atoms with Gasteiger partial charge in [0, 0.05) is 28.6 Å². The first-order valence-corrected chi connectivity index (χ1v) is 6.11. The molecule has 4 heteroatoms. The third kappa shape index (κ3) is 1.96. The van der Waals surface area contributed by atoms with E-state index in [1.807, 2.05) is 24.3 Å². The van der Waals surface area contributed by atoms with Gasteiger partial charge in [-0.1, -0.05) is 28.9 Å². The lowest BCUT2D eigenvalue weighted by atomic mass is 9.91. The Morgan fingerprint density at radius 2 is 2.06 bits per heavy atom. The highest BCUT2D eigenvalue weighted by Gasteiger charge is 2.24. The predicted molar refractivity (Wildman–Crippen MR) is 66.9 cm³/mol. The summed E-state index contributed by atoms with van der Waals surface area (Å²) in [4.78, 5) is 0. The molecule has 0 spiro atoms. The van der Waals surface area contributed by atoms with E-state index in [4.69, 9.17) is 21.9 Å². The van der Waals surface area contributed by atoms with E-state index >= 15 is 0 Å². The highest BCUT2D eigenvalue weighted by atomic mass is 35.5. The van der Waals surface area contributed by atoms with E-state index in [1.54, 1.807) is 0 Å². The van der Waals surface area contributed by atoms with Crippen molar-refractivity contribution in [2.75, 3.05) is 0 Å². The van der Waals surface area contributed by atoms with Crippen molar-refractivity contribution in [1.29, 1.82) is 0 Å². The minimum atomic E-state index is 0.216. The number of benzene rings is 1. The normalized spacial score (nSPS) is 19.1. The highest BCUT2D eigenvalue weighted by Crippen LogP contribution is 2.31. The molecule has 17 heavy (non-hydrogen) atoms. The first-order chi connectivity index (χ1) is 8.24. The molecule has 0 aliphatic heterocycles. The maximum atomic E-state index is 5.99. The van der Waals surface area contributed by atoms with E-state index in [2.05, 4.69) is 5.16 Å². The Kier molecular flexibility index (Phi) is 2.65. The molecule has 1 aromatic carbocycles. The summed E-state index contributed by atoms with van der Waals surface area (Å²) in [5, 5.41) is 4.88. The van der Waals surface area contributed by atoms with Crippen molar-refractivity contribution < 1.29 is 4.52 Å². The van der Waals surface area contributed by atoms with Crippen LogP contribution < -0.4 is 5.73 Å². The van der Waals surface area contributed by atoms with Crippen LogP contribution in [0, 0.1) is 0 Å². The van der Waals surface area contributed by atoms with E-state index < -0.39 is 0 Å². The molecule has 0 radical (unpaired) electrons. The van der Waals surface area contributed by atoms with Gasteiger partial charge in [0.2, 0.25) is 0 Å². The van der Waals surface area contributed by atoms with Gasteiger partial charge in [-0.3, -0.25) is 0 Å². The Balaban J connectivity index is 2.04. The zero-order chi connectivity index (χ0) is 11.8. The quantitative estimate of drug-likeness (QED) is 0.844. The molecule has 1 aliphatic rings. The second-order valence-electron chi connectivity index (χ2n) is 4.44. The summed E-state index contributed by atoms with van der Waals surface area (Å²) in [7, 11) is 0. The molecule has 1 aromatic heterocycles. The summed E-state index contributed by atoms with van der Waals surface area (Å²) in [6.45, 7) is 0. The van der Waals surface area contributed by atoms with E-state index in [-0.39, 0.29) is 6.04 Å². The lowest BCUT2D eigenvalue weighted by Gasteiger charge is -2.16. The van der Waals surface area contributed by atoms with Gasteiger partial charge in [0.05, 0.1) is 0 Å². The molecule has 2 aromatic rings. The highest BCUT2D eigenvalue weighted by molar-refractivity contribution is 6.30. The number of rotatable bonds is 1. The average molecular weight is 249 g/mol. The third-order valence-electron chi connectivity index (χ3n) is 3.20. The molecule has 0 amide bonds. The van der Waals surface area contributed by atoms with Gasteiger partial charge in [0.1, 0.15) is 11.5 Å². The summed E-state index contributed by atoms with van der Waals surface area (Å²) in [6.07, 6.45) is 2.70. The van der Waals surface area contributed by atoms with Crippen LogP contribution in [0.15, 0.2) is 28.8 Å². The Hall–Kier alpha value is -1.32. The molecule has 1 aliphatic carbocycles. The molecule has 2 N–H and O–H groups in total. The number of aromatic nitrogens is 1. The van der Waals surface area contributed by atoms with Gasteiger partial charge in [-0.2, -0.15) is 0 Å². The van der Waals surface area contributed by atoms with Crippen LogP contribution in [0.4, 0.5) is 0 Å². The zero-order valence-corrected chi connectivity index (χ0v) is 10.1. The Labute approximate surface area is 105 Å². The van der Waals surface area contributed by atoms with E-state index in [0.29, 0.717) is 0 Å². The fourth-order valence-corrected chi connectivity index (χ4v) is 2.39. The lowest BCUT2D eigenvalue weighted by Crippen LogP contribution is -2.27. The summed E-state index contributed by atoms with van der Waals surface area (Å²) in [5.41, 5.74) is 9.09. The minimum absolute atomic E-state index is 0.216. The van der Waals surface area contributed by atoms with Gasteiger partial charge in [-0.15, -0.1) is 0 Å². The number of nitrogens with zero attached hydrogens (tertiary/aromatic N) is 1. The van der Waals surface area contributed by atoms with Crippen molar-refractivity contribution >= 4 is 11.6 Å². The van der Waals surface area contributed by atoms with Gasteiger partial charge < -0.3 is 10.3 Å². The summed E-state index contributed by atoms with van der Waals surface area (Å²) >= 11 is 5.88. The van der Waals surface area contributed by atoms with Crippen molar-refractivity contribution in [2.45, 2.75) is 25.3 Å². The smallest absolute Gasteiger partial charge is 0.140 e. The molecule has 0 saturated heterocycles. The van der Waals surface area contributed by atoms with Crippen LogP contribution in [-0.2, 0) is 12.8 Å². The topological polar surface area (TPSA) is 52.0 Å². The molecular weight excluding hydrogens is 236 g/mol. The maximum absolute atomic E-state index is 5.99. The van der Waals surface area contributed by atoms with Gasteiger partial charge in [-0.25, -0.2) is 0 Å². The van der Waals surface area contributed by atoms with Crippen LogP contribution in [-0.4, -0.2) is 11.2 Å². The van der Waals surface area contributed by atoms with Crippen molar-refractivity contribution in [3.8, 4) is 11.3 Å². The van der Waals surface area contributed by atoms with Crippen LogP contribution in [0.2, 0.25) is 5.02 Å². The number of aryl methyl sites for hydroxylation is 1. The summed E-state index contributed by atoms with van der Waals surface area (Å²) in [5.74, 6) is 0.983. The molecule has 0 bridgehead atoms. The average Bonchev–Trinajstić information content (AvgIpc) is 2.73. The largest absolute Gasteiger partial charge is 0.360 e. The molecule has 1 unspecified atom stereocenters. The van der Waals surface area contributed by atoms with Crippen LogP contribution >= 0.6 is 11.6 Å². The maximum Gasteiger partial charge on any atom is 0.140 e. The van der Waals surface area contributed by atoms with E-state index in [1.165, 1.54) is 0 Å². The molecule has 3 nitrogen and oxygen atoms in total. The third-order valence-corrected chi connectivity index (χ3v) is 3.45. The number of hydrogen-bond acceptors (Lipinski definition) is 3. The fourth-order valence-electron chi connectivity index (χ4n) is 2.27. The van der Waals surface area contributed by atoms with E-state index in [0.717, 1.165) is 46.9 Å². The number of nitrogens with two attached hydrogens (primary N) is 1. The fraction of sp³-hybridized carbons (Fsp3) is 0.308. The van der Waals surface area contributed by atoms with E-state index in [9.17, 15) is 0 Å². The Morgan fingerprint density at radius 3 is 2.82 bits per heavy atom. The minimum Gasteiger partial charge on any atom is -0.360 e. The van der Waals surface area contributed by atoms with Gasteiger partial charge in [0.15, 0.2) is 0 Å². The first kappa shape index (κ1) is 10.8. The SMILES string of the molecule is NC1CCc2onc(-c3ccc(Cl)cc3)c2C1. The van der Waals surface area contributed by atoms with Crippen LogP contribution in [0.5, 0.6) is 0 Å². The summed E-state index contributed by atoms with van der Waals surface area (Å²) in [6, 6.07) is 7.86. The number of halogens is 1. The molecule has 3 rings (SSSR count). The standard InChI is InChI=1S/C13H13ClN2O/c14-9-3-1-8(2-4-9)13-11-7-10(15)5-6-12(11)17-16-13/h1-4,10H,5-7,15H2. The van der Waals surface area contributed by atoms with Crippen LogP contribution in [0.25, 0.3) is 11.3 Å². The predicted octanol–water partition coefficient (Wildman–Crippen LogP) is 2.81. The molecule has 1 atom stereocenters. The second-order valence-corrected chi connectivity index (χ2v) is 4.88. The van der Waals surface area contributed by atoms with Crippen molar-refractivity contribution in [1.82, 2.24) is 5.16 Å². The first-order valence-electron chi connectivity index (χ1n) is 5.73. The molecule has 88 valence electrons.